The lowest BCUT2D eigenvalue weighted by Crippen LogP contribution is -2.43. The molecule has 1 aliphatic rings. The summed E-state index contributed by atoms with van der Waals surface area (Å²) < 4.78 is 55.6. The molecule has 2 heterocycles. The van der Waals surface area contributed by atoms with Crippen molar-refractivity contribution in [1.82, 2.24) is 4.31 Å². The third kappa shape index (κ3) is 5.58. The van der Waals surface area contributed by atoms with Crippen LogP contribution in [0.25, 0.3) is 0 Å². The molecule has 0 aliphatic carbocycles. The lowest BCUT2D eigenvalue weighted by atomic mass is 9.99. The Bertz CT molecular complexity index is 1400. The predicted molar refractivity (Wildman–Crippen MR) is 138 cm³/mol. The maximum Gasteiger partial charge on any atom is 0.261 e. The minimum atomic E-state index is -3.80. The summed E-state index contributed by atoms with van der Waals surface area (Å²) in [5, 5.41) is 4.50. The fourth-order valence-electron chi connectivity index (χ4n) is 4.04. The smallest absolute Gasteiger partial charge is 0.261 e. The Balaban J connectivity index is 1.42. The number of aryl methyl sites for hydroxylation is 2. The van der Waals surface area contributed by atoms with Gasteiger partial charge in [-0.2, -0.15) is 4.31 Å². The molecule has 3 aromatic rings. The first-order valence-electron chi connectivity index (χ1n) is 11.1. The highest BCUT2D eigenvalue weighted by atomic mass is 32.2. The molecule has 0 unspecified atom stereocenters. The lowest BCUT2D eigenvalue weighted by Gasteiger charge is -2.30. The standard InChI is InChI=1S/C24H27N3O5S3/c1-17-6-3-7-18(2)23(17)26-34(29,30)21-12-10-20(11-13-21)25-24(28)19-8-4-14-27(16-19)35(31,32)22-9-5-15-33-22/h3,5-7,9-13,15,19,26H,4,8,14,16H2,1-2H3,(H,25,28)/t19-/m0/s1. The second-order valence-electron chi connectivity index (χ2n) is 8.52. The number of thiophene rings is 1. The highest BCUT2D eigenvalue weighted by Gasteiger charge is 2.33. The number of amides is 1. The summed E-state index contributed by atoms with van der Waals surface area (Å²) in [6, 6.07) is 14.7. The van der Waals surface area contributed by atoms with Crippen LogP contribution in [0.15, 0.2) is 69.1 Å². The van der Waals surface area contributed by atoms with E-state index in [-0.39, 0.29) is 21.6 Å². The number of piperidine rings is 1. The first kappa shape index (κ1) is 25.4. The molecule has 0 radical (unpaired) electrons. The molecule has 186 valence electrons. The van der Waals surface area contributed by atoms with Crippen LogP contribution in [0.5, 0.6) is 0 Å². The van der Waals surface area contributed by atoms with Gasteiger partial charge in [-0.3, -0.25) is 9.52 Å². The minimum Gasteiger partial charge on any atom is -0.326 e. The summed E-state index contributed by atoms with van der Waals surface area (Å²) in [6.07, 6.45) is 1.16. The maximum absolute atomic E-state index is 12.9. The number of nitrogens with zero attached hydrogens (tertiary/aromatic N) is 1. The molecule has 2 aromatic carbocycles. The van der Waals surface area contributed by atoms with Gasteiger partial charge in [0.2, 0.25) is 5.91 Å². The van der Waals surface area contributed by atoms with Gasteiger partial charge >= 0.3 is 0 Å². The van der Waals surface area contributed by atoms with Gasteiger partial charge in [-0.1, -0.05) is 24.3 Å². The molecule has 0 bridgehead atoms. The summed E-state index contributed by atoms with van der Waals surface area (Å²) in [5.41, 5.74) is 2.63. The molecule has 4 rings (SSSR count). The monoisotopic (exact) mass is 533 g/mol. The number of carbonyl (C=O) groups excluding carboxylic acids is 1. The first-order chi connectivity index (χ1) is 16.6. The van der Waals surface area contributed by atoms with Crippen molar-refractivity contribution in [3.8, 4) is 0 Å². The molecule has 0 saturated carbocycles. The fraction of sp³-hybridized carbons (Fsp3) is 0.292. The summed E-state index contributed by atoms with van der Waals surface area (Å²) in [5.74, 6) is -0.784. The minimum absolute atomic E-state index is 0.0732. The van der Waals surface area contributed by atoms with Crippen molar-refractivity contribution in [3.63, 3.8) is 0 Å². The molecule has 2 N–H and O–H groups in total. The number of anilines is 2. The molecule has 1 atom stereocenters. The van der Waals surface area contributed by atoms with E-state index in [1.54, 1.807) is 17.5 Å². The Hall–Kier alpha value is -2.73. The second kappa shape index (κ2) is 10.1. The summed E-state index contributed by atoms with van der Waals surface area (Å²) in [7, 11) is -7.42. The summed E-state index contributed by atoms with van der Waals surface area (Å²) >= 11 is 1.16. The van der Waals surface area contributed by atoms with E-state index >= 15 is 0 Å². The topological polar surface area (TPSA) is 113 Å². The van der Waals surface area contributed by atoms with Crippen LogP contribution in [0.3, 0.4) is 0 Å². The van der Waals surface area contributed by atoms with Crippen molar-refractivity contribution < 1.29 is 21.6 Å². The number of hydrogen-bond acceptors (Lipinski definition) is 6. The molecule has 0 spiro atoms. The number of sulfonamides is 2. The van der Waals surface area contributed by atoms with Crippen molar-refractivity contribution >= 4 is 48.7 Å². The largest absolute Gasteiger partial charge is 0.326 e. The zero-order valence-corrected chi connectivity index (χ0v) is 21.8. The van der Waals surface area contributed by atoms with Gasteiger partial charge in [0.05, 0.1) is 16.5 Å². The van der Waals surface area contributed by atoms with Gasteiger partial charge in [0.15, 0.2) is 0 Å². The number of hydrogen-bond donors (Lipinski definition) is 2. The summed E-state index contributed by atoms with van der Waals surface area (Å²) in [4.78, 5) is 12.9. The van der Waals surface area contributed by atoms with Gasteiger partial charge in [-0.15, -0.1) is 11.3 Å². The summed E-state index contributed by atoms with van der Waals surface area (Å²) in [6.45, 7) is 4.16. The first-order valence-corrected chi connectivity index (χ1v) is 14.9. The van der Waals surface area contributed by atoms with E-state index < -0.39 is 26.0 Å². The molecule has 11 heteroatoms. The van der Waals surface area contributed by atoms with Gasteiger partial charge in [-0.05, 0) is 73.5 Å². The maximum atomic E-state index is 12.9. The predicted octanol–water partition coefficient (Wildman–Crippen LogP) is 4.21. The van der Waals surface area contributed by atoms with E-state index in [0.717, 1.165) is 22.5 Å². The quantitative estimate of drug-likeness (QED) is 0.473. The molecule has 1 fully saturated rings. The van der Waals surface area contributed by atoms with Crippen LogP contribution in [0.4, 0.5) is 11.4 Å². The van der Waals surface area contributed by atoms with E-state index in [2.05, 4.69) is 10.0 Å². The van der Waals surface area contributed by atoms with Gasteiger partial charge in [0, 0.05) is 18.8 Å². The van der Waals surface area contributed by atoms with Crippen molar-refractivity contribution in [3.05, 3.63) is 71.1 Å². The zero-order chi connectivity index (χ0) is 25.2. The number of para-hydroxylation sites is 1. The van der Waals surface area contributed by atoms with Gasteiger partial charge in [-0.25, -0.2) is 16.8 Å². The van der Waals surface area contributed by atoms with Gasteiger partial charge in [0.1, 0.15) is 4.21 Å². The van der Waals surface area contributed by atoms with E-state index in [1.165, 1.54) is 28.6 Å². The van der Waals surface area contributed by atoms with Crippen LogP contribution in [-0.4, -0.2) is 40.1 Å². The normalized spacial score (nSPS) is 17.1. The lowest BCUT2D eigenvalue weighted by molar-refractivity contribution is -0.120. The van der Waals surface area contributed by atoms with Crippen molar-refractivity contribution in [2.24, 2.45) is 5.92 Å². The highest BCUT2D eigenvalue weighted by molar-refractivity contribution is 7.92. The number of rotatable bonds is 7. The molecule has 1 saturated heterocycles. The Morgan fingerprint density at radius 3 is 2.29 bits per heavy atom. The van der Waals surface area contributed by atoms with Crippen LogP contribution in [-0.2, 0) is 24.8 Å². The van der Waals surface area contributed by atoms with Crippen LogP contribution in [0.2, 0.25) is 0 Å². The molecular formula is C24H27N3O5S3. The van der Waals surface area contributed by atoms with Crippen molar-refractivity contribution in [2.45, 2.75) is 35.8 Å². The number of nitrogens with one attached hydrogen (secondary N) is 2. The van der Waals surface area contributed by atoms with Gasteiger partial charge < -0.3 is 5.32 Å². The Kier molecular flexibility index (Phi) is 7.32. The Morgan fingerprint density at radius 2 is 1.66 bits per heavy atom. The van der Waals surface area contributed by atoms with Crippen molar-refractivity contribution in [1.29, 1.82) is 0 Å². The second-order valence-corrected chi connectivity index (χ2v) is 13.3. The number of benzene rings is 2. The van der Waals surface area contributed by atoms with Crippen LogP contribution >= 0.6 is 11.3 Å². The van der Waals surface area contributed by atoms with E-state index in [1.807, 2.05) is 32.0 Å². The SMILES string of the molecule is Cc1cccc(C)c1NS(=O)(=O)c1ccc(NC(=O)[C@H]2CCCN(S(=O)(=O)c3cccs3)C2)cc1. The van der Waals surface area contributed by atoms with Crippen LogP contribution in [0, 0.1) is 19.8 Å². The average molecular weight is 534 g/mol. The highest BCUT2D eigenvalue weighted by Crippen LogP contribution is 2.28. The fourth-order valence-corrected chi connectivity index (χ4v) is 7.91. The van der Waals surface area contributed by atoms with Crippen LogP contribution in [0.1, 0.15) is 24.0 Å². The molecule has 35 heavy (non-hydrogen) atoms. The number of carbonyl (C=O) groups is 1. The zero-order valence-electron chi connectivity index (χ0n) is 19.4. The molecule has 1 amide bonds. The molecule has 1 aliphatic heterocycles. The third-order valence-electron chi connectivity index (χ3n) is 5.99. The van der Waals surface area contributed by atoms with Crippen molar-refractivity contribution in [2.75, 3.05) is 23.1 Å². The Labute approximate surface area is 210 Å². The molecular weight excluding hydrogens is 506 g/mol. The third-order valence-corrected chi connectivity index (χ3v) is 10.6. The van der Waals surface area contributed by atoms with E-state index in [9.17, 15) is 21.6 Å². The van der Waals surface area contributed by atoms with Crippen LogP contribution < -0.4 is 10.0 Å². The van der Waals surface area contributed by atoms with E-state index in [4.69, 9.17) is 0 Å². The Morgan fingerprint density at radius 1 is 0.971 bits per heavy atom. The molecule has 1 aromatic heterocycles. The van der Waals surface area contributed by atoms with E-state index in [0.29, 0.717) is 30.8 Å². The average Bonchev–Trinajstić information content (AvgIpc) is 3.38. The molecule has 8 nitrogen and oxygen atoms in total. The van der Waals surface area contributed by atoms with Gasteiger partial charge in [0.25, 0.3) is 20.0 Å².